The van der Waals surface area contributed by atoms with Crippen molar-refractivity contribution in [3.8, 4) is 0 Å². The Kier molecular flexibility index (Phi) is 2.76. The molecule has 3 rings (SSSR count). The number of aromatic nitrogens is 6. The standard InChI is InChI=1S/C11H11N7O/c12-10-9-11(15-5-14-9)18-8(17-10)1-6-2-13-3-7(4-19)16-6/h2-3,5,19H,1,4H2,(H3,12,14,15,17,18). The molecule has 0 aliphatic rings. The lowest BCUT2D eigenvalue weighted by Crippen LogP contribution is -2.04. The van der Waals surface area contributed by atoms with Crippen molar-refractivity contribution in [2.24, 2.45) is 0 Å². The third-order valence-corrected chi connectivity index (χ3v) is 2.60. The maximum atomic E-state index is 9.02. The number of nitrogens with one attached hydrogen (secondary N) is 1. The van der Waals surface area contributed by atoms with Crippen molar-refractivity contribution in [3.63, 3.8) is 0 Å². The fourth-order valence-electron chi connectivity index (χ4n) is 1.76. The molecule has 0 aliphatic carbocycles. The smallest absolute Gasteiger partial charge is 0.183 e. The van der Waals surface area contributed by atoms with Gasteiger partial charge in [0.2, 0.25) is 0 Å². The van der Waals surface area contributed by atoms with Gasteiger partial charge in [0.05, 0.1) is 36.9 Å². The van der Waals surface area contributed by atoms with Crippen LogP contribution < -0.4 is 5.73 Å². The molecule has 8 nitrogen and oxygen atoms in total. The third kappa shape index (κ3) is 2.20. The SMILES string of the molecule is Nc1nc(Cc2cncc(CO)n2)nc2nc[nH]c12. The number of rotatable bonds is 3. The summed E-state index contributed by atoms with van der Waals surface area (Å²) in [5.41, 5.74) is 8.13. The van der Waals surface area contributed by atoms with Crippen molar-refractivity contribution in [2.75, 3.05) is 5.73 Å². The van der Waals surface area contributed by atoms with E-state index in [1.807, 2.05) is 0 Å². The van der Waals surface area contributed by atoms with Crippen LogP contribution >= 0.6 is 0 Å². The highest BCUT2D eigenvalue weighted by molar-refractivity contribution is 5.80. The molecule has 8 heteroatoms. The Bertz CT molecular complexity index is 724. The first kappa shape index (κ1) is 11.5. The first-order valence-corrected chi connectivity index (χ1v) is 5.62. The Balaban J connectivity index is 1.95. The van der Waals surface area contributed by atoms with E-state index in [1.165, 1.54) is 12.5 Å². The van der Waals surface area contributed by atoms with Gasteiger partial charge in [0.25, 0.3) is 0 Å². The number of aromatic amines is 1. The second-order valence-electron chi connectivity index (χ2n) is 3.96. The largest absolute Gasteiger partial charge is 0.390 e. The zero-order valence-corrected chi connectivity index (χ0v) is 9.91. The number of imidazole rings is 1. The predicted molar refractivity (Wildman–Crippen MR) is 66.9 cm³/mol. The minimum atomic E-state index is -0.151. The first-order chi connectivity index (χ1) is 9.26. The number of aliphatic hydroxyl groups is 1. The van der Waals surface area contributed by atoms with Crippen molar-refractivity contribution >= 4 is 17.0 Å². The summed E-state index contributed by atoms with van der Waals surface area (Å²) in [5, 5.41) is 9.02. The predicted octanol–water partition coefficient (Wildman–Crippen LogP) is -0.192. The Morgan fingerprint density at radius 2 is 2.00 bits per heavy atom. The lowest BCUT2D eigenvalue weighted by atomic mass is 10.3. The Morgan fingerprint density at radius 1 is 1.16 bits per heavy atom. The summed E-state index contributed by atoms with van der Waals surface area (Å²) < 4.78 is 0. The maximum Gasteiger partial charge on any atom is 0.183 e. The fourth-order valence-corrected chi connectivity index (χ4v) is 1.76. The number of anilines is 1. The lowest BCUT2D eigenvalue weighted by Gasteiger charge is -2.02. The zero-order valence-electron chi connectivity index (χ0n) is 9.91. The molecule has 0 saturated heterocycles. The molecule has 0 atom stereocenters. The Hall–Kier alpha value is -2.61. The fraction of sp³-hybridized carbons (Fsp3) is 0.182. The number of nitrogen functional groups attached to an aromatic ring is 1. The molecule has 4 N–H and O–H groups in total. The molecule has 0 unspecified atom stereocenters. The van der Waals surface area contributed by atoms with Crippen molar-refractivity contribution in [1.82, 2.24) is 29.9 Å². The maximum absolute atomic E-state index is 9.02. The van der Waals surface area contributed by atoms with Crippen LogP contribution in [0.25, 0.3) is 11.2 Å². The molecule has 96 valence electrons. The average molecular weight is 257 g/mol. The summed E-state index contributed by atoms with van der Waals surface area (Å²) in [4.78, 5) is 23.6. The second-order valence-corrected chi connectivity index (χ2v) is 3.96. The van der Waals surface area contributed by atoms with E-state index in [4.69, 9.17) is 10.8 Å². The molecule has 0 aliphatic heterocycles. The highest BCUT2D eigenvalue weighted by atomic mass is 16.3. The molecule has 3 heterocycles. The van der Waals surface area contributed by atoms with Crippen molar-refractivity contribution in [2.45, 2.75) is 13.0 Å². The number of aliphatic hydroxyl groups excluding tert-OH is 1. The third-order valence-electron chi connectivity index (χ3n) is 2.60. The lowest BCUT2D eigenvalue weighted by molar-refractivity contribution is 0.276. The molecule has 0 saturated carbocycles. The molecule has 0 amide bonds. The van der Waals surface area contributed by atoms with Gasteiger partial charge in [-0.15, -0.1) is 0 Å². The highest BCUT2D eigenvalue weighted by Gasteiger charge is 2.09. The number of hydrogen-bond donors (Lipinski definition) is 3. The Labute approximate surface area is 107 Å². The average Bonchev–Trinajstić information content (AvgIpc) is 2.88. The molecular formula is C11H11N7O. The van der Waals surface area contributed by atoms with Crippen LogP contribution in [0.2, 0.25) is 0 Å². The van der Waals surface area contributed by atoms with Gasteiger partial charge in [-0.1, -0.05) is 0 Å². The summed E-state index contributed by atoms with van der Waals surface area (Å²) in [5.74, 6) is 0.866. The van der Waals surface area contributed by atoms with Crippen LogP contribution in [0.4, 0.5) is 5.82 Å². The summed E-state index contributed by atoms with van der Waals surface area (Å²) in [6, 6.07) is 0. The summed E-state index contributed by atoms with van der Waals surface area (Å²) in [6.45, 7) is -0.151. The van der Waals surface area contributed by atoms with Crippen molar-refractivity contribution < 1.29 is 5.11 Å². The van der Waals surface area contributed by atoms with Crippen LogP contribution in [-0.4, -0.2) is 35.0 Å². The summed E-state index contributed by atoms with van der Waals surface area (Å²) in [7, 11) is 0. The van der Waals surface area contributed by atoms with Gasteiger partial charge < -0.3 is 15.8 Å². The number of nitrogens with zero attached hydrogens (tertiary/aromatic N) is 5. The van der Waals surface area contributed by atoms with Gasteiger partial charge in [-0.25, -0.2) is 15.0 Å². The van der Waals surface area contributed by atoms with Gasteiger partial charge in [-0.05, 0) is 0 Å². The summed E-state index contributed by atoms with van der Waals surface area (Å²) >= 11 is 0. The molecule has 3 aromatic rings. The minimum Gasteiger partial charge on any atom is -0.390 e. The van der Waals surface area contributed by atoms with E-state index in [0.29, 0.717) is 40.6 Å². The normalized spacial score (nSPS) is 11.0. The molecule has 0 fully saturated rings. The van der Waals surface area contributed by atoms with Crippen LogP contribution in [-0.2, 0) is 13.0 Å². The van der Waals surface area contributed by atoms with Crippen molar-refractivity contribution in [1.29, 1.82) is 0 Å². The molecule has 0 radical (unpaired) electrons. The first-order valence-electron chi connectivity index (χ1n) is 5.62. The van der Waals surface area contributed by atoms with E-state index in [-0.39, 0.29) is 6.61 Å². The van der Waals surface area contributed by atoms with E-state index in [1.54, 1.807) is 6.20 Å². The van der Waals surface area contributed by atoms with Crippen LogP contribution in [0, 0.1) is 0 Å². The van der Waals surface area contributed by atoms with Crippen LogP contribution in [0.5, 0.6) is 0 Å². The monoisotopic (exact) mass is 257 g/mol. The molecule has 0 spiro atoms. The quantitative estimate of drug-likeness (QED) is 0.593. The molecule has 3 aromatic heterocycles. The highest BCUT2D eigenvalue weighted by Crippen LogP contribution is 2.14. The number of H-pyrrole nitrogens is 1. The van der Waals surface area contributed by atoms with E-state index in [0.717, 1.165) is 0 Å². The van der Waals surface area contributed by atoms with Gasteiger partial charge in [0.15, 0.2) is 11.5 Å². The van der Waals surface area contributed by atoms with E-state index >= 15 is 0 Å². The van der Waals surface area contributed by atoms with Gasteiger partial charge in [0.1, 0.15) is 11.3 Å². The number of hydrogen-bond acceptors (Lipinski definition) is 7. The van der Waals surface area contributed by atoms with Gasteiger partial charge in [-0.2, -0.15) is 0 Å². The van der Waals surface area contributed by atoms with Crippen LogP contribution in [0.15, 0.2) is 18.7 Å². The van der Waals surface area contributed by atoms with Gasteiger partial charge in [-0.3, -0.25) is 9.97 Å². The summed E-state index contributed by atoms with van der Waals surface area (Å²) in [6.07, 6.45) is 5.02. The molecular weight excluding hydrogens is 246 g/mol. The Morgan fingerprint density at radius 3 is 2.84 bits per heavy atom. The molecule has 0 bridgehead atoms. The second kappa shape index (κ2) is 4.58. The number of nitrogens with two attached hydrogens (primary N) is 1. The van der Waals surface area contributed by atoms with Crippen LogP contribution in [0.3, 0.4) is 0 Å². The molecule has 19 heavy (non-hydrogen) atoms. The van der Waals surface area contributed by atoms with E-state index < -0.39 is 0 Å². The topological polar surface area (TPSA) is 126 Å². The number of fused-ring (bicyclic) bond motifs is 1. The minimum absolute atomic E-state index is 0.151. The van der Waals surface area contributed by atoms with E-state index in [9.17, 15) is 0 Å². The van der Waals surface area contributed by atoms with E-state index in [2.05, 4.69) is 29.9 Å². The van der Waals surface area contributed by atoms with Crippen molar-refractivity contribution in [3.05, 3.63) is 35.9 Å². The molecule has 0 aromatic carbocycles. The van der Waals surface area contributed by atoms with Crippen LogP contribution in [0.1, 0.15) is 17.2 Å². The van der Waals surface area contributed by atoms with Gasteiger partial charge in [0, 0.05) is 6.20 Å². The van der Waals surface area contributed by atoms with Gasteiger partial charge >= 0.3 is 0 Å². The zero-order chi connectivity index (χ0) is 13.2.